The number of hydrogen-bond donors (Lipinski definition) is 2. The first-order chi connectivity index (χ1) is 8.85. The quantitative estimate of drug-likeness (QED) is 0.619. The fraction of sp³-hybridized carbons (Fsp3) is 0.273. The maximum atomic E-state index is 13.1. The van der Waals surface area contributed by atoms with Crippen LogP contribution in [-0.4, -0.2) is 27.9 Å². The summed E-state index contributed by atoms with van der Waals surface area (Å²) >= 11 is 0. The molecule has 0 aromatic heterocycles. The highest BCUT2D eigenvalue weighted by Crippen LogP contribution is 2.16. The molecule has 19 heavy (non-hydrogen) atoms. The summed E-state index contributed by atoms with van der Waals surface area (Å²) in [5.74, 6) is -3.05. The number of nitro benzene ring substituents is 1. The number of rotatable bonds is 5. The standard InChI is InChI=1S/C11H11FN2O5/c1-2-9(11(16)17)13-10(15)6-3-7(12)5-8(4-6)14(18)19/h3-5,9H,2H2,1H3,(H,13,15)(H,16,17). The summed E-state index contributed by atoms with van der Waals surface area (Å²) in [5, 5.41) is 21.4. The molecular weight excluding hydrogens is 259 g/mol. The number of nitrogens with one attached hydrogen (secondary N) is 1. The highest BCUT2D eigenvalue weighted by Gasteiger charge is 2.20. The van der Waals surface area contributed by atoms with Crippen LogP contribution in [0.25, 0.3) is 0 Å². The van der Waals surface area contributed by atoms with Gasteiger partial charge in [0.15, 0.2) is 0 Å². The van der Waals surface area contributed by atoms with Gasteiger partial charge in [-0.1, -0.05) is 6.92 Å². The van der Waals surface area contributed by atoms with Crippen molar-refractivity contribution in [3.8, 4) is 0 Å². The summed E-state index contributed by atoms with van der Waals surface area (Å²) in [5.41, 5.74) is -0.875. The van der Waals surface area contributed by atoms with Gasteiger partial charge in [0.2, 0.25) is 0 Å². The van der Waals surface area contributed by atoms with Gasteiger partial charge in [0.1, 0.15) is 11.9 Å². The fourth-order valence-electron chi connectivity index (χ4n) is 1.39. The lowest BCUT2D eigenvalue weighted by Crippen LogP contribution is -2.40. The van der Waals surface area contributed by atoms with Crippen LogP contribution in [0.3, 0.4) is 0 Å². The first-order valence-corrected chi connectivity index (χ1v) is 5.33. The highest BCUT2D eigenvalue weighted by molar-refractivity contribution is 5.97. The third kappa shape index (κ3) is 3.73. The number of amides is 1. The molecule has 1 aromatic carbocycles. The van der Waals surface area contributed by atoms with E-state index in [1.165, 1.54) is 0 Å². The summed E-state index contributed by atoms with van der Waals surface area (Å²) in [6, 6.07) is 1.23. The van der Waals surface area contributed by atoms with Crippen LogP contribution in [0.2, 0.25) is 0 Å². The lowest BCUT2D eigenvalue weighted by atomic mass is 10.1. The Labute approximate surface area is 107 Å². The van der Waals surface area contributed by atoms with E-state index in [1.54, 1.807) is 6.92 Å². The molecule has 8 heteroatoms. The van der Waals surface area contributed by atoms with E-state index < -0.39 is 34.3 Å². The molecule has 0 radical (unpaired) electrons. The Morgan fingerprint density at radius 3 is 2.58 bits per heavy atom. The van der Waals surface area contributed by atoms with Gasteiger partial charge in [-0.25, -0.2) is 9.18 Å². The van der Waals surface area contributed by atoms with Crippen molar-refractivity contribution < 1.29 is 24.0 Å². The molecule has 0 bridgehead atoms. The number of nitro groups is 1. The first-order valence-electron chi connectivity index (χ1n) is 5.33. The molecule has 0 aliphatic carbocycles. The predicted octanol–water partition coefficient (Wildman–Crippen LogP) is 1.33. The number of nitrogens with zero attached hydrogens (tertiary/aromatic N) is 1. The van der Waals surface area contributed by atoms with Crippen LogP contribution in [0.4, 0.5) is 10.1 Å². The molecular formula is C11H11FN2O5. The van der Waals surface area contributed by atoms with Crippen molar-refractivity contribution in [2.24, 2.45) is 0 Å². The number of aliphatic carboxylic acids is 1. The van der Waals surface area contributed by atoms with Crippen LogP contribution >= 0.6 is 0 Å². The van der Waals surface area contributed by atoms with Gasteiger partial charge in [-0.05, 0) is 12.5 Å². The number of halogens is 1. The maximum absolute atomic E-state index is 13.1. The minimum absolute atomic E-state index is 0.137. The number of non-ortho nitro benzene ring substituents is 1. The molecule has 1 atom stereocenters. The van der Waals surface area contributed by atoms with Crippen molar-refractivity contribution in [1.82, 2.24) is 5.32 Å². The second kappa shape index (κ2) is 5.89. The van der Waals surface area contributed by atoms with E-state index in [9.17, 15) is 24.1 Å². The monoisotopic (exact) mass is 270 g/mol. The minimum Gasteiger partial charge on any atom is -0.480 e. The molecule has 102 valence electrons. The molecule has 1 amide bonds. The topological polar surface area (TPSA) is 110 Å². The largest absolute Gasteiger partial charge is 0.480 e. The van der Waals surface area contributed by atoms with E-state index in [-0.39, 0.29) is 12.0 Å². The van der Waals surface area contributed by atoms with Crippen LogP contribution < -0.4 is 5.32 Å². The zero-order valence-corrected chi connectivity index (χ0v) is 9.92. The smallest absolute Gasteiger partial charge is 0.326 e. The normalized spacial score (nSPS) is 11.7. The Morgan fingerprint density at radius 1 is 1.47 bits per heavy atom. The summed E-state index contributed by atoms with van der Waals surface area (Å²) in [4.78, 5) is 32.1. The van der Waals surface area contributed by atoms with Gasteiger partial charge in [-0.2, -0.15) is 0 Å². The minimum atomic E-state index is -1.23. The Bertz CT molecular complexity index is 532. The molecule has 0 heterocycles. The lowest BCUT2D eigenvalue weighted by Gasteiger charge is -2.12. The summed E-state index contributed by atoms with van der Waals surface area (Å²) in [6.45, 7) is 1.55. The number of carboxylic acid groups (broad SMARTS) is 1. The van der Waals surface area contributed by atoms with Gasteiger partial charge in [0.05, 0.1) is 11.0 Å². The number of benzene rings is 1. The van der Waals surface area contributed by atoms with Crippen molar-refractivity contribution in [2.75, 3.05) is 0 Å². The molecule has 0 aliphatic heterocycles. The molecule has 0 aliphatic rings. The third-order valence-corrected chi connectivity index (χ3v) is 2.37. The van der Waals surface area contributed by atoms with E-state index in [4.69, 9.17) is 5.11 Å². The maximum Gasteiger partial charge on any atom is 0.326 e. The third-order valence-electron chi connectivity index (χ3n) is 2.37. The van der Waals surface area contributed by atoms with Gasteiger partial charge in [-0.15, -0.1) is 0 Å². The lowest BCUT2D eigenvalue weighted by molar-refractivity contribution is -0.385. The number of hydrogen-bond acceptors (Lipinski definition) is 4. The molecule has 0 spiro atoms. The highest BCUT2D eigenvalue weighted by atomic mass is 19.1. The van der Waals surface area contributed by atoms with Crippen LogP contribution in [0.15, 0.2) is 18.2 Å². The SMILES string of the molecule is CCC(NC(=O)c1cc(F)cc([N+](=O)[O-])c1)C(=O)O. The summed E-state index contributed by atoms with van der Waals surface area (Å²) in [6.07, 6.45) is 0.137. The van der Waals surface area contributed by atoms with Crippen LogP contribution in [0.1, 0.15) is 23.7 Å². The zero-order valence-electron chi connectivity index (χ0n) is 9.92. The molecule has 0 fully saturated rings. The van der Waals surface area contributed by atoms with Crippen LogP contribution in [-0.2, 0) is 4.79 Å². The van der Waals surface area contributed by atoms with Gasteiger partial charge in [-0.3, -0.25) is 14.9 Å². The first kappa shape index (κ1) is 14.6. The predicted molar refractivity (Wildman–Crippen MR) is 62.2 cm³/mol. The van der Waals surface area contributed by atoms with Crippen LogP contribution in [0.5, 0.6) is 0 Å². The van der Waals surface area contributed by atoms with E-state index in [0.717, 1.165) is 12.1 Å². The van der Waals surface area contributed by atoms with Gasteiger partial charge >= 0.3 is 5.97 Å². The molecule has 2 N–H and O–H groups in total. The van der Waals surface area contributed by atoms with Crippen LogP contribution in [0, 0.1) is 15.9 Å². The summed E-state index contributed by atoms with van der Waals surface area (Å²) in [7, 11) is 0. The van der Waals surface area contributed by atoms with Gasteiger partial charge in [0, 0.05) is 11.6 Å². The molecule has 7 nitrogen and oxygen atoms in total. The van der Waals surface area contributed by atoms with Gasteiger partial charge < -0.3 is 10.4 Å². The molecule has 0 saturated heterocycles. The van der Waals surface area contributed by atoms with E-state index >= 15 is 0 Å². The van der Waals surface area contributed by atoms with Crippen molar-refractivity contribution in [1.29, 1.82) is 0 Å². The van der Waals surface area contributed by atoms with Crippen molar-refractivity contribution >= 4 is 17.6 Å². The number of carboxylic acids is 1. The molecule has 1 aromatic rings. The van der Waals surface area contributed by atoms with Crippen molar-refractivity contribution in [2.45, 2.75) is 19.4 Å². The Kier molecular flexibility index (Phi) is 4.51. The van der Waals surface area contributed by atoms with E-state index in [2.05, 4.69) is 5.32 Å². The van der Waals surface area contributed by atoms with Crippen molar-refractivity contribution in [3.05, 3.63) is 39.7 Å². The average molecular weight is 270 g/mol. The van der Waals surface area contributed by atoms with Gasteiger partial charge in [0.25, 0.3) is 11.6 Å². The molecule has 0 saturated carbocycles. The Hall–Kier alpha value is -2.51. The second-order valence-electron chi connectivity index (χ2n) is 3.73. The number of carbonyl (C=O) groups is 2. The Morgan fingerprint density at radius 2 is 2.11 bits per heavy atom. The summed E-state index contributed by atoms with van der Waals surface area (Å²) < 4.78 is 13.1. The molecule has 1 unspecified atom stereocenters. The zero-order chi connectivity index (χ0) is 14.6. The fourth-order valence-corrected chi connectivity index (χ4v) is 1.39. The van der Waals surface area contributed by atoms with Crippen molar-refractivity contribution in [3.63, 3.8) is 0 Å². The average Bonchev–Trinajstić information content (AvgIpc) is 2.34. The molecule has 1 rings (SSSR count). The number of carbonyl (C=O) groups excluding carboxylic acids is 1. The Balaban J connectivity index is 2.99. The van der Waals surface area contributed by atoms with E-state index in [1.807, 2.05) is 0 Å². The second-order valence-corrected chi connectivity index (χ2v) is 3.73. The van der Waals surface area contributed by atoms with E-state index in [0.29, 0.717) is 6.07 Å².